The van der Waals surface area contributed by atoms with Gasteiger partial charge in [-0.3, -0.25) is 4.79 Å². The van der Waals surface area contributed by atoms with E-state index in [9.17, 15) is 9.59 Å². The monoisotopic (exact) mass is 386 g/mol. The summed E-state index contributed by atoms with van der Waals surface area (Å²) in [6, 6.07) is 19.7. The van der Waals surface area contributed by atoms with Crippen LogP contribution in [0.1, 0.15) is 26.3 Å². The zero-order valence-corrected chi connectivity index (χ0v) is 15.7. The van der Waals surface area contributed by atoms with E-state index in [0.29, 0.717) is 34.6 Å². The maximum absolute atomic E-state index is 12.9. The van der Waals surface area contributed by atoms with E-state index in [2.05, 4.69) is 10.3 Å². The first-order valence-corrected chi connectivity index (χ1v) is 9.05. The van der Waals surface area contributed by atoms with Crippen LogP contribution < -0.4 is 5.32 Å². The van der Waals surface area contributed by atoms with Crippen molar-refractivity contribution in [2.75, 3.05) is 7.11 Å². The lowest BCUT2D eigenvalue weighted by molar-refractivity contribution is 0.0600. The van der Waals surface area contributed by atoms with Crippen molar-refractivity contribution in [3.05, 3.63) is 89.7 Å². The number of para-hydroxylation sites is 1. The predicted molar refractivity (Wildman–Crippen MR) is 108 cm³/mol. The number of nitrogens with zero attached hydrogens (tertiary/aromatic N) is 1. The minimum absolute atomic E-state index is 0.214. The first-order chi connectivity index (χ1) is 14.2. The van der Waals surface area contributed by atoms with Gasteiger partial charge in [-0.2, -0.15) is 0 Å². The van der Waals surface area contributed by atoms with Crippen LogP contribution >= 0.6 is 0 Å². The second kappa shape index (κ2) is 7.98. The summed E-state index contributed by atoms with van der Waals surface area (Å²) >= 11 is 0. The summed E-state index contributed by atoms with van der Waals surface area (Å²) in [5.41, 5.74) is 3.17. The summed E-state index contributed by atoms with van der Waals surface area (Å²) in [6.45, 7) is 0.326. The molecule has 144 valence electrons. The number of carbonyl (C=O) groups excluding carboxylic acids is 2. The molecule has 6 nitrogen and oxygen atoms in total. The van der Waals surface area contributed by atoms with E-state index >= 15 is 0 Å². The lowest BCUT2D eigenvalue weighted by Gasteiger charge is -2.10. The molecule has 2 aromatic heterocycles. The summed E-state index contributed by atoms with van der Waals surface area (Å²) in [7, 11) is 1.34. The van der Waals surface area contributed by atoms with Crippen molar-refractivity contribution in [1.82, 2.24) is 10.3 Å². The summed E-state index contributed by atoms with van der Waals surface area (Å²) in [4.78, 5) is 29.1. The molecule has 6 heteroatoms. The third-order valence-electron chi connectivity index (χ3n) is 4.56. The van der Waals surface area contributed by atoms with Crippen molar-refractivity contribution in [3.63, 3.8) is 0 Å². The molecule has 0 atom stereocenters. The van der Waals surface area contributed by atoms with Gasteiger partial charge < -0.3 is 14.5 Å². The second-order valence-corrected chi connectivity index (χ2v) is 6.42. The summed E-state index contributed by atoms with van der Waals surface area (Å²) in [6.07, 6.45) is 1.57. The number of amides is 1. The van der Waals surface area contributed by atoms with Gasteiger partial charge in [-0.25, -0.2) is 9.78 Å². The Hall–Kier alpha value is -3.93. The SMILES string of the molecule is COC(=O)c1ccc(CNC(=O)c2cc(-c3ccco3)nc3ccccc23)cc1. The van der Waals surface area contributed by atoms with Gasteiger partial charge >= 0.3 is 5.97 Å². The van der Waals surface area contributed by atoms with Crippen LogP contribution in [-0.4, -0.2) is 24.0 Å². The molecule has 29 heavy (non-hydrogen) atoms. The molecule has 0 saturated heterocycles. The average molecular weight is 386 g/mol. The summed E-state index contributed by atoms with van der Waals surface area (Å²) in [5.74, 6) is -0.00838. The van der Waals surface area contributed by atoms with Crippen LogP contribution in [0, 0.1) is 0 Å². The summed E-state index contributed by atoms with van der Waals surface area (Å²) < 4.78 is 10.1. The van der Waals surface area contributed by atoms with E-state index in [1.54, 1.807) is 42.7 Å². The van der Waals surface area contributed by atoms with Gasteiger partial charge in [-0.05, 0) is 42.0 Å². The fourth-order valence-corrected chi connectivity index (χ4v) is 3.07. The topological polar surface area (TPSA) is 81.4 Å². The van der Waals surface area contributed by atoms with Crippen molar-refractivity contribution < 1.29 is 18.7 Å². The van der Waals surface area contributed by atoms with E-state index in [0.717, 1.165) is 10.9 Å². The molecule has 0 spiro atoms. The third kappa shape index (κ3) is 3.87. The number of rotatable bonds is 5. The van der Waals surface area contributed by atoms with Gasteiger partial charge in [-0.1, -0.05) is 30.3 Å². The molecule has 0 unspecified atom stereocenters. The Labute approximate surface area is 167 Å². The molecule has 0 saturated carbocycles. The van der Waals surface area contributed by atoms with E-state index in [1.807, 2.05) is 30.3 Å². The lowest BCUT2D eigenvalue weighted by Crippen LogP contribution is -2.23. The van der Waals surface area contributed by atoms with Gasteiger partial charge in [0, 0.05) is 11.9 Å². The number of fused-ring (bicyclic) bond motifs is 1. The lowest BCUT2D eigenvalue weighted by atomic mass is 10.1. The number of pyridine rings is 1. The molecule has 0 fully saturated rings. The Morgan fingerprint density at radius 3 is 2.55 bits per heavy atom. The van der Waals surface area contributed by atoms with Crippen LogP contribution in [0.3, 0.4) is 0 Å². The highest BCUT2D eigenvalue weighted by Crippen LogP contribution is 2.25. The number of furan rings is 1. The molecule has 0 bridgehead atoms. The standard InChI is InChI=1S/C23H18N2O4/c1-28-23(27)16-10-8-15(9-11-16)14-24-22(26)18-13-20(21-7-4-12-29-21)25-19-6-3-2-5-17(18)19/h2-13H,14H2,1H3,(H,24,26). The van der Waals surface area contributed by atoms with Crippen molar-refractivity contribution in [2.45, 2.75) is 6.54 Å². The van der Waals surface area contributed by atoms with Crippen molar-refractivity contribution in [2.24, 2.45) is 0 Å². The van der Waals surface area contributed by atoms with Crippen LogP contribution in [0.25, 0.3) is 22.4 Å². The van der Waals surface area contributed by atoms with Crippen LogP contribution in [0.4, 0.5) is 0 Å². The smallest absolute Gasteiger partial charge is 0.337 e. The molecule has 0 aliphatic heterocycles. The molecule has 1 N–H and O–H groups in total. The quantitative estimate of drug-likeness (QED) is 0.520. The van der Waals surface area contributed by atoms with Gasteiger partial charge in [0.25, 0.3) is 5.91 Å². The fraction of sp³-hybridized carbons (Fsp3) is 0.0870. The molecule has 1 amide bonds. The number of benzene rings is 2. The Morgan fingerprint density at radius 2 is 1.83 bits per heavy atom. The molecule has 0 aliphatic carbocycles. The first-order valence-electron chi connectivity index (χ1n) is 9.05. The van der Waals surface area contributed by atoms with E-state index in [4.69, 9.17) is 9.15 Å². The van der Waals surface area contributed by atoms with Crippen molar-refractivity contribution >= 4 is 22.8 Å². The largest absolute Gasteiger partial charge is 0.465 e. The number of carbonyl (C=O) groups is 2. The van der Waals surface area contributed by atoms with Gasteiger partial charge in [-0.15, -0.1) is 0 Å². The Kier molecular flexibility index (Phi) is 5.07. The van der Waals surface area contributed by atoms with Crippen LogP contribution in [-0.2, 0) is 11.3 Å². The zero-order chi connectivity index (χ0) is 20.2. The summed E-state index contributed by atoms with van der Waals surface area (Å²) in [5, 5.41) is 3.69. The number of methoxy groups -OCH3 is 1. The second-order valence-electron chi connectivity index (χ2n) is 6.42. The van der Waals surface area contributed by atoms with Crippen LogP contribution in [0.2, 0.25) is 0 Å². The van der Waals surface area contributed by atoms with E-state index in [1.165, 1.54) is 7.11 Å². The van der Waals surface area contributed by atoms with Gasteiger partial charge in [0.05, 0.1) is 30.0 Å². The number of hydrogen-bond donors (Lipinski definition) is 1. The molecule has 0 aliphatic rings. The number of hydrogen-bond acceptors (Lipinski definition) is 5. The van der Waals surface area contributed by atoms with Gasteiger partial charge in [0.2, 0.25) is 0 Å². The highest BCUT2D eigenvalue weighted by atomic mass is 16.5. The number of esters is 1. The third-order valence-corrected chi connectivity index (χ3v) is 4.56. The minimum atomic E-state index is -0.394. The maximum atomic E-state index is 12.9. The van der Waals surface area contributed by atoms with E-state index in [-0.39, 0.29) is 5.91 Å². The number of nitrogens with one attached hydrogen (secondary N) is 1. The van der Waals surface area contributed by atoms with Crippen molar-refractivity contribution in [3.8, 4) is 11.5 Å². The highest BCUT2D eigenvalue weighted by Gasteiger charge is 2.15. The molecular formula is C23H18N2O4. The highest BCUT2D eigenvalue weighted by molar-refractivity contribution is 6.07. The molecule has 4 rings (SSSR count). The Morgan fingerprint density at radius 1 is 1.03 bits per heavy atom. The first kappa shape index (κ1) is 18.4. The maximum Gasteiger partial charge on any atom is 0.337 e. The van der Waals surface area contributed by atoms with Gasteiger partial charge in [0.15, 0.2) is 5.76 Å². The average Bonchev–Trinajstić information content (AvgIpc) is 3.31. The zero-order valence-electron chi connectivity index (χ0n) is 15.7. The minimum Gasteiger partial charge on any atom is -0.465 e. The number of ether oxygens (including phenoxy) is 1. The number of aromatic nitrogens is 1. The predicted octanol–water partition coefficient (Wildman–Crippen LogP) is 4.21. The fourth-order valence-electron chi connectivity index (χ4n) is 3.07. The molecular weight excluding hydrogens is 368 g/mol. The molecule has 0 radical (unpaired) electrons. The molecule has 2 aromatic carbocycles. The Balaban J connectivity index is 1.59. The van der Waals surface area contributed by atoms with E-state index < -0.39 is 5.97 Å². The van der Waals surface area contributed by atoms with Crippen LogP contribution in [0.15, 0.2) is 77.4 Å². The van der Waals surface area contributed by atoms with Crippen molar-refractivity contribution in [1.29, 1.82) is 0 Å². The molecule has 2 heterocycles. The normalized spacial score (nSPS) is 10.7. The Bertz CT molecular complexity index is 1170. The van der Waals surface area contributed by atoms with Gasteiger partial charge in [0.1, 0.15) is 5.69 Å². The molecule has 4 aromatic rings. The van der Waals surface area contributed by atoms with Crippen LogP contribution in [0.5, 0.6) is 0 Å².